The lowest BCUT2D eigenvalue weighted by molar-refractivity contribution is -0.908. The lowest BCUT2D eigenvalue weighted by Crippen LogP contribution is -3.12. The number of amides is 1. The maximum Gasteiger partial charge on any atom is 0.278 e. The van der Waals surface area contributed by atoms with Crippen LogP contribution in [0.25, 0.3) is 0 Å². The van der Waals surface area contributed by atoms with Gasteiger partial charge in [0, 0.05) is 17.1 Å². The number of likely N-dealkylation sites (N-methyl/N-ethyl adjacent to an activating group) is 1. The fraction of sp³-hybridized carbons (Fsp3) is 0.611. The molecule has 0 saturated heterocycles. The van der Waals surface area contributed by atoms with Crippen LogP contribution < -0.4 is 10.2 Å². The minimum Gasteiger partial charge on any atom is -0.351 e. The molecule has 0 heterocycles. The van der Waals surface area contributed by atoms with E-state index < -0.39 is 0 Å². The molecular weight excluding hydrogens is 296 g/mol. The van der Waals surface area contributed by atoms with Gasteiger partial charge >= 0.3 is 0 Å². The van der Waals surface area contributed by atoms with Crippen LogP contribution in [0.2, 0.25) is 5.02 Å². The van der Waals surface area contributed by atoms with Gasteiger partial charge in [-0.15, -0.1) is 0 Å². The van der Waals surface area contributed by atoms with E-state index >= 15 is 0 Å². The standard InChI is InChI=1S/C18H27ClN2O/c1-14(18(22)20-12-15-6-4-3-5-7-15)21(2)13-16-8-10-17(19)11-9-16/h8-11,14-15H,3-7,12-13H2,1-2H3,(H,20,22)/p+1/t14-/m0/s1. The summed E-state index contributed by atoms with van der Waals surface area (Å²) >= 11 is 5.91. The monoisotopic (exact) mass is 323 g/mol. The summed E-state index contributed by atoms with van der Waals surface area (Å²) in [7, 11) is 2.07. The molecule has 1 aromatic rings. The number of carbonyl (C=O) groups excluding carboxylic acids is 1. The Labute approximate surface area is 139 Å². The molecule has 0 aromatic heterocycles. The summed E-state index contributed by atoms with van der Waals surface area (Å²) in [6, 6.07) is 7.81. The van der Waals surface area contributed by atoms with Crippen LogP contribution in [0.15, 0.2) is 24.3 Å². The molecule has 0 aliphatic heterocycles. The molecule has 1 saturated carbocycles. The van der Waals surface area contributed by atoms with Crippen molar-refractivity contribution in [1.29, 1.82) is 0 Å². The maximum atomic E-state index is 12.3. The smallest absolute Gasteiger partial charge is 0.278 e. The zero-order valence-corrected chi connectivity index (χ0v) is 14.5. The van der Waals surface area contributed by atoms with Crippen LogP contribution in [0.5, 0.6) is 0 Å². The molecule has 1 aliphatic rings. The topological polar surface area (TPSA) is 33.5 Å². The van der Waals surface area contributed by atoms with Crippen molar-refractivity contribution in [2.24, 2.45) is 5.92 Å². The molecule has 1 fully saturated rings. The van der Waals surface area contributed by atoms with Gasteiger partial charge in [-0.2, -0.15) is 0 Å². The van der Waals surface area contributed by atoms with Crippen molar-refractivity contribution >= 4 is 17.5 Å². The van der Waals surface area contributed by atoms with E-state index in [-0.39, 0.29) is 11.9 Å². The van der Waals surface area contributed by atoms with E-state index in [1.807, 2.05) is 31.2 Å². The van der Waals surface area contributed by atoms with E-state index in [0.717, 1.165) is 18.1 Å². The van der Waals surface area contributed by atoms with Crippen molar-refractivity contribution in [1.82, 2.24) is 5.32 Å². The number of halogens is 1. The zero-order chi connectivity index (χ0) is 15.9. The lowest BCUT2D eigenvalue weighted by Gasteiger charge is -2.24. The van der Waals surface area contributed by atoms with Gasteiger partial charge in [-0.3, -0.25) is 4.79 Å². The van der Waals surface area contributed by atoms with Gasteiger partial charge in [0.25, 0.3) is 5.91 Å². The molecule has 3 nitrogen and oxygen atoms in total. The van der Waals surface area contributed by atoms with Crippen LogP contribution in [-0.4, -0.2) is 25.5 Å². The van der Waals surface area contributed by atoms with Gasteiger partial charge in [0.05, 0.1) is 7.05 Å². The number of benzene rings is 1. The average molecular weight is 324 g/mol. The Morgan fingerprint density at radius 2 is 1.91 bits per heavy atom. The number of hydrogen-bond donors (Lipinski definition) is 2. The third-order valence-electron chi connectivity index (χ3n) is 4.82. The van der Waals surface area contributed by atoms with E-state index in [9.17, 15) is 4.79 Å². The second kappa shape index (κ2) is 8.54. The summed E-state index contributed by atoms with van der Waals surface area (Å²) in [4.78, 5) is 13.5. The summed E-state index contributed by atoms with van der Waals surface area (Å²) in [5, 5.41) is 3.90. The van der Waals surface area contributed by atoms with Gasteiger partial charge in [0.2, 0.25) is 0 Å². The Hall–Kier alpha value is -1.06. The average Bonchev–Trinajstić information content (AvgIpc) is 2.55. The van der Waals surface area contributed by atoms with Gasteiger partial charge in [-0.1, -0.05) is 43.0 Å². The minimum absolute atomic E-state index is 0.0423. The van der Waals surface area contributed by atoms with Crippen LogP contribution in [0.4, 0.5) is 0 Å². The van der Waals surface area contributed by atoms with Crippen LogP contribution >= 0.6 is 11.6 Å². The van der Waals surface area contributed by atoms with Crippen LogP contribution in [0.1, 0.15) is 44.6 Å². The molecule has 1 amide bonds. The fourth-order valence-corrected chi connectivity index (χ4v) is 3.22. The predicted molar refractivity (Wildman–Crippen MR) is 91.1 cm³/mol. The first-order chi connectivity index (χ1) is 10.6. The third-order valence-corrected chi connectivity index (χ3v) is 5.07. The molecule has 0 radical (unpaired) electrons. The highest BCUT2D eigenvalue weighted by Crippen LogP contribution is 2.22. The normalized spacial score (nSPS) is 18.7. The fourth-order valence-electron chi connectivity index (χ4n) is 3.09. The van der Waals surface area contributed by atoms with Gasteiger partial charge in [-0.25, -0.2) is 0 Å². The third kappa shape index (κ3) is 5.29. The molecule has 4 heteroatoms. The molecule has 0 spiro atoms. The second-order valence-corrected chi connectivity index (χ2v) is 7.06. The first-order valence-corrected chi connectivity index (χ1v) is 8.78. The number of nitrogens with one attached hydrogen (secondary N) is 2. The van der Waals surface area contributed by atoms with Crippen LogP contribution in [-0.2, 0) is 11.3 Å². The number of rotatable bonds is 6. The largest absolute Gasteiger partial charge is 0.351 e. The van der Waals surface area contributed by atoms with Crippen molar-refractivity contribution in [3.8, 4) is 0 Å². The minimum atomic E-state index is -0.0423. The van der Waals surface area contributed by atoms with Gasteiger partial charge in [0.1, 0.15) is 6.54 Å². The number of carbonyl (C=O) groups is 1. The summed E-state index contributed by atoms with van der Waals surface area (Å²) in [6.45, 7) is 3.67. The highest BCUT2D eigenvalue weighted by Gasteiger charge is 2.23. The summed E-state index contributed by atoms with van der Waals surface area (Å²) in [5.41, 5.74) is 1.20. The van der Waals surface area contributed by atoms with E-state index in [4.69, 9.17) is 11.6 Å². The van der Waals surface area contributed by atoms with Crippen LogP contribution in [0.3, 0.4) is 0 Å². The zero-order valence-electron chi connectivity index (χ0n) is 13.7. The van der Waals surface area contributed by atoms with Crippen molar-refractivity contribution in [3.63, 3.8) is 0 Å². The summed E-state index contributed by atoms with van der Waals surface area (Å²) < 4.78 is 0. The Morgan fingerprint density at radius 1 is 1.27 bits per heavy atom. The second-order valence-electron chi connectivity index (χ2n) is 6.62. The number of quaternary nitrogens is 1. The Morgan fingerprint density at radius 3 is 2.55 bits per heavy atom. The van der Waals surface area contributed by atoms with E-state index in [1.165, 1.54) is 42.6 Å². The first kappa shape index (κ1) is 17.3. The molecule has 1 aliphatic carbocycles. The predicted octanol–water partition coefficient (Wildman–Crippen LogP) is 2.44. The Kier molecular flexibility index (Phi) is 6.71. The SMILES string of the molecule is C[C@@H](C(=O)NCC1CCCCC1)[NH+](C)Cc1ccc(Cl)cc1. The molecule has 0 bridgehead atoms. The Bertz CT molecular complexity index is 468. The highest BCUT2D eigenvalue weighted by molar-refractivity contribution is 6.30. The molecule has 122 valence electrons. The highest BCUT2D eigenvalue weighted by atomic mass is 35.5. The summed E-state index contributed by atoms with van der Waals surface area (Å²) in [5.74, 6) is 0.846. The molecule has 2 rings (SSSR count). The molecule has 1 unspecified atom stereocenters. The molecule has 2 N–H and O–H groups in total. The van der Waals surface area contributed by atoms with Gasteiger partial charge < -0.3 is 10.2 Å². The van der Waals surface area contributed by atoms with Crippen molar-refractivity contribution in [3.05, 3.63) is 34.9 Å². The molecule has 22 heavy (non-hydrogen) atoms. The van der Waals surface area contributed by atoms with Gasteiger partial charge in [-0.05, 0) is 37.8 Å². The van der Waals surface area contributed by atoms with Gasteiger partial charge in [0.15, 0.2) is 6.04 Å². The quantitative estimate of drug-likeness (QED) is 0.828. The summed E-state index contributed by atoms with van der Waals surface area (Å²) in [6.07, 6.45) is 6.52. The molecule has 1 aromatic carbocycles. The van der Waals surface area contributed by atoms with Crippen molar-refractivity contribution in [2.75, 3.05) is 13.6 Å². The van der Waals surface area contributed by atoms with E-state index in [2.05, 4.69) is 12.4 Å². The van der Waals surface area contributed by atoms with Crippen LogP contribution in [0, 0.1) is 5.92 Å². The van der Waals surface area contributed by atoms with E-state index in [1.54, 1.807) is 0 Å². The Balaban J connectivity index is 1.77. The maximum absolute atomic E-state index is 12.3. The number of hydrogen-bond acceptors (Lipinski definition) is 1. The van der Waals surface area contributed by atoms with Crippen molar-refractivity contribution < 1.29 is 9.69 Å². The van der Waals surface area contributed by atoms with Crippen molar-refractivity contribution in [2.45, 2.75) is 51.6 Å². The lowest BCUT2D eigenvalue weighted by atomic mass is 9.89. The van der Waals surface area contributed by atoms with E-state index in [0.29, 0.717) is 5.92 Å². The molecule has 2 atom stereocenters. The first-order valence-electron chi connectivity index (χ1n) is 8.40. The molecular formula is C18H28ClN2O+.